The maximum atomic E-state index is 5.57. The number of hydrogen-bond donors (Lipinski definition) is 2. The summed E-state index contributed by atoms with van der Waals surface area (Å²) in [4.78, 5) is 2.60. The van der Waals surface area contributed by atoms with Gasteiger partial charge in [0.1, 0.15) is 0 Å². The van der Waals surface area contributed by atoms with Crippen molar-refractivity contribution in [2.24, 2.45) is 5.73 Å². The zero-order valence-corrected chi connectivity index (χ0v) is 12.2. The predicted octanol–water partition coefficient (Wildman–Crippen LogP) is 1.20. The molecule has 0 saturated carbocycles. The lowest BCUT2D eigenvalue weighted by molar-refractivity contribution is 0.140. The Kier molecular flexibility index (Phi) is 8.59. The van der Waals surface area contributed by atoms with E-state index in [4.69, 9.17) is 10.5 Å². The SMILES string of the molecule is COCC(CCCN)NCC(C)N1CCCCC1. The van der Waals surface area contributed by atoms with Crippen molar-refractivity contribution in [3.05, 3.63) is 0 Å². The van der Waals surface area contributed by atoms with Gasteiger partial charge in [0.2, 0.25) is 0 Å². The molecule has 1 fully saturated rings. The second-order valence-electron chi connectivity index (χ2n) is 5.44. The molecule has 0 aromatic heterocycles. The molecule has 0 aliphatic carbocycles. The quantitative estimate of drug-likeness (QED) is 0.652. The molecule has 4 heteroatoms. The third-order valence-corrected chi connectivity index (χ3v) is 3.84. The van der Waals surface area contributed by atoms with Crippen LogP contribution in [-0.4, -0.2) is 56.9 Å². The van der Waals surface area contributed by atoms with Gasteiger partial charge in [0.05, 0.1) is 6.61 Å². The lowest BCUT2D eigenvalue weighted by Crippen LogP contribution is -2.46. The highest BCUT2D eigenvalue weighted by Crippen LogP contribution is 2.11. The molecule has 2 atom stereocenters. The zero-order chi connectivity index (χ0) is 13.2. The van der Waals surface area contributed by atoms with Gasteiger partial charge in [0, 0.05) is 25.7 Å². The normalized spacial score (nSPS) is 20.8. The minimum atomic E-state index is 0.450. The molecule has 4 nitrogen and oxygen atoms in total. The molecule has 0 aromatic rings. The summed E-state index contributed by atoms with van der Waals surface area (Å²) in [6.07, 6.45) is 6.30. The maximum absolute atomic E-state index is 5.57. The standard InChI is InChI=1S/C14H31N3O/c1-13(17-9-4-3-5-10-17)11-16-14(12-18-2)7-6-8-15/h13-14,16H,3-12,15H2,1-2H3. The van der Waals surface area contributed by atoms with Crippen molar-refractivity contribution < 1.29 is 4.74 Å². The topological polar surface area (TPSA) is 50.5 Å². The monoisotopic (exact) mass is 257 g/mol. The van der Waals surface area contributed by atoms with E-state index in [0.29, 0.717) is 12.1 Å². The van der Waals surface area contributed by atoms with Crippen molar-refractivity contribution in [3.63, 3.8) is 0 Å². The van der Waals surface area contributed by atoms with E-state index in [1.165, 1.54) is 32.4 Å². The molecule has 0 aromatic carbocycles. The lowest BCUT2D eigenvalue weighted by Gasteiger charge is -2.33. The van der Waals surface area contributed by atoms with Gasteiger partial charge >= 0.3 is 0 Å². The van der Waals surface area contributed by atoms with E-state index in [2.05, 4.69) is 17.1 Å². The van der Waals surface area contributed by atoms with Gasteiger partial charge in [0.15, 0.2) is 0 Å². The number of nitrogens with one attached hydrogen (secondary N) is 1. The Morgan fingerprint density at radius 1 is 1.28 bits per heavy atom. The van der Waals surface area contributed by atoms with Crippen LogP contribution in [0.15, 0.2) is 0 Å². The number of ether oxygens (including phenoxy) is 1. The Labute approximate surface area is 112 Å². The second kappa shape index (κ2) is 9.73. The smallest absolute Gasteiger partial charge is 0.0615 e. The molecule has 1 saturated heterocycles. The molecule has 0 spiro atoms. The van der Waals surface area contributed by atoms with Gasteiger partial charge < -0.3 is 15.8 Å². The molecule has 0 radical (unpaired) electrons. The maximum Gasteiger partial charge on any atom is 0.0615 e. The van der Waals surface area contributed by atoms with Gasteiger partial charge in [-0.1, -0.05) is 6.42 Å². The van der Waals surface area contributed by atoms with E-state index in [0.717, 1.165) is 32.5 Å². The summed E-state index contributed by atoms with van der Waals surface area (Å²) in [5.41, 5.74) is 5.57. The summed E-state index contributed by atoms with van der Waals surface area (Å²) in [6.45, 7) is 7.46. The van der Waals surface area contributed by atoms with Crippen molar-refractivity contribution in [2.45, 2.75) is 51.1 Å². The molecular formula is C14H31N3O. The fourth-order valence-corrected chi connectivity index (χ4v) is 2.64. The second-order valence-corrected chi connectivity index (χ2v) is 5.44. The summed E-state index contributed by atoms with van der Waals surface area (Å²) in [6, 6.07) is 1.08. The van der Waals surface area contributed by atoms with Gasteiger partial charge in [-0.3, -0.25) is 4.90 Å². The summed E-state index contributed by atoms with van der Waals surface area (Å²) in [7, 11) is 1.77. The summed E-state index contributed by atoms with van der Waals surface area (Å²) >= 11 is 0. The van der Waals surface area contributed by atoms with E-state index in [1.807, 2.05) is 0 Å². The van der Waals surface area contributed by atoms with Crippen LogP contribution in [0.25, 0.3) is 0 Å². The van der Waals surface area contributed by atoms with Gasteiger partial charge in [-0.2, -0.15) is 0 Å². The van der Waals surface area contributed by atoms with Gasteiger partial charge in [0.25, 0.3) is 0 Å². The first kappa shape index (κ1) is 15.9. The molecule has 1 heterocycles. The fraction of sp³-hybridized carbons (Fsp3) is 1.00. The lowest BCUT2D eigenvalue weighted by atomic mass is 10.1. The van der Waals surface area contributed by atoms with Gasteiger partial charge in [-0.05, 0) is 52.2 Å². The predicted molar refractivity (Wildman–Crippen MR) is 76.8 cm³/mol. The summed E-state index contributed by atoms with van der Waals surface area (Å²) in [5, 5.41) is 3.63. The van der Waals surface area contributed by atoms with Crippen LogP contribution < -0.4 is 11.1 Å². The van der Waals surface area contributed by atoms with E-state index >= 15 is 0 Å². The molecule has 3 N–H and O–H groups in total. The molecule has 18 heavy (non-hydrogen) atoms. The van der Waals surface area contributed by atoms with Crippen LogP contribution in [0.3, 0.4) is 0 Å². The van der Waals surface area contributed by atoms with Gasteiger partial charge in [-0.15, -0.1) is 0 Å². The van der Waals surface area contributed by atoms with E-state index in [9.17, 15) is 0 Å². The Bertz CT molecular complexity index is 193. The molecule has 0 bridgehead atoms. The number of rotatable bonds is 9. The van der Waals surface area contributed by atoms with Crippen LogP contribution in [0, 0.1) is 0 Å². The highest BCUT2D eigenvalue weighted by molar-refractivity contribution is 4.76. The number of hydrogen-bond acceptors (Lipinski definition) is 4. The zero-order valence-electron chi connectivity index (χ0n) is 12.2. The van der Waals surface area contributed by atoms with Crippen LogP contribution in [0.5, 0.6) is 0 Å². The number of nitrogens with zero attached hydrogens (tertiary/aromatic N) is 1. The molecule has 1 aliphatic rings. The first-order chi connectivity index (χ1) is 8.77. The molecule has 0 amide bonds. The molecular weight excluding hydrogens is 226 g/mol. The Morgan fingerprint density at radius 3 is 2.61 bits per heavy atom. The van der Waals surface area contributed by atoms with Crippen molar-refractivity contribution in [1.82, 2.24) is 10.2 Å². The first-order valence-electron chi connectivity index (χ1n) is 7.44. The van der Waals surface area contributed by atoms with Crippen LogP contribution in [-0.2, 0) is 4.74 Å². The first-order valence-corrected chi connectivity index (χ1v) is 7.44. The van der Waals surface area contributed by atoms with E-state index < -0.39 is 0 Å². The molecule has 1 aliphatic heterocycles. The molecule has 2 unspecified atom stereocenters. The minimum Gasteiger partial charge on any atom is -0.383 e. The van der Waals surface area contributed by atoms with Crippen molar-refractivity contribution in [3.8, 4) is 0 Å². The van der Waals surface area contributed by atoms with Crippen molar-refractivity contribution in [2.75, 3.05) is 39.9 Å². The number of piperidine rings is 1. The third-order valence-electron chi connectivity index (χ3n) is 3.84. The molecule has 1 rings (SSSR count). The van der Waals surface area contributed by atoms with Crippen LogP contribution >= 0.6 is 0 Å². The number of nitrogens with two attached hydrogens (primary N) is 1. The largest absolute Gasteiger partial charge is 0.383 e. The summed E-state index contributed by atoms with van der Waals surface area (Å²) in [5.74, 6) is 0. The summed E-state index contributed by atoms with van der Waals surface area (Å²) < 4.78 is 5.26. The minimum absolute atomic E-state index is 0.450. The average Bonchev–Trinajstić information content (AvgIpc) is 2.42. The Morgan fingerprint density at radius 2 is 2.00 bits per heavy atom. The van der Waals surface area contributed by atoms with Crippen molar-refractivity contribution >= 4 is 0 Å². The highest BCUT2D eigenvalue weighted by atomic mass is 16.5. The molecule has 108 valence electrons. The van der Waals surface area contributed by atoms with Gasteiger partial charge in [-0.25, -0.2) is 0 Å². The Balaban J connectivity index is 2.21. The van der Waals surface area contributed by atoms with Crippen LogP contribution in [0.1, 0.15) is 39.0 Å². The number of likely N-dealkylation sites (tertiary alicyclic amines) is 1. The highest BCUT2D eigenvalue weighted by Gasteiger charge is 2.17. The van der Waals surface area contributed by atoms with E-state index in [1.54, 1.807) is 7.11 Å². The third kappa shape index (κ3) is 6.14. The Hall–Kier alpha value is -0.160. The fourth-order valence-electron chi connectivity index (χ4n) is 2.64. The van der Waals surface area contributed by atoms with Crippen molar-refractivity contribution in [1.29, 1.82) is 0 Å². The van der Waals surface area contributed by atoms with Crippen LogP contribution in [0.4, 0.5) is 0 Å². The van der Waals surface area contributed by atoms with E-state index in [-0.39, 0.29) is 0 Å². The average molecular weight is 257 g/mol. The number of methoxy groups -OCH3 is 1. The van der Waals surface area contributed by atoms with Crippen LogP contribution in [0.2, 0.25) is 0 Å².